The summed E-state index contributed by atoms with van der Waals surface area (Å²) in [7, 11) is 0. The first-order valence-electron chi connectivity index (χ1n) is 4.16. The Labute approximate surface area is 93.8 Å². The van der Waals surface area contributed by atoms with Crippen LogP contribution in [0.15, 0.2) is 18.2 Å². The molecule has 0 radical (unpaired) electrons. The summed E-state index contributed by atoms with van der Waals surface area (Å²) in [6.07, 6.45) is 0.894. The molecule has 0 spiro atoms. The molecule has 3 heteroatoms. The van der Waals surface area contributed by atoms with Crippen LogP contribution in [-0.2, 0) is 0 Å². The van der Waals surface area contributed by atoms with E-state index in [-0.39, 0.29) is 0 Å². The molecule has 1 atom stereocenters. The maximum absolute atomic E-state index is 6.03. The molecule has 1 aromatic carbocycles. The number of hydrogen-bond acceptors (Lipinski definition) is 0. The van der Waals surface area contributed by atoms with Crippen LogP contribution in [0, 0.1) is 0 Å². The van der Waals surface area contributed by atoms with Crippen molar-refractivity contribution in [2.45, 2.75) is 19.3 Å². The summed E-state index contributed by atoms with van der Waals surface area (Å²) < 4.78 is 0. The van der Waals surface area contributed by atoms with Crippen molar-refractivity contribution in [1.82, 2.24) is 0 Å². The molecule has 0 heterocycles. The minimum absolute atomic E-state index is 0.318. The quantitative estimate of drug-likeness (QED) is 0.667. The van der Waals surface area contributed by atoms with Crippen LogP contribution in [-0.4, -0.2) is 5.88 Å². The maximum atomic E-state index is 6.03. The number of alkyl halides is 1. The Morgan fingerprint density at radius 3 is 2.23 bits per heavy atom. The van der Waals surface area contributed by atoms with E-state index in [0.717, 1.165) is 22.0 Å². The lowest BCUT2D eigenvalue weighted by Gasteiger charge is -2.13. The smallest absolute Gasteiger partial charge is 0.0455 e. The zero-order valence-electron chi connectivity index (χ0n) is 7.36. The second kappa shape index (κ2) is 5.09. The molecule has 0 fully saturated rings. The van der Waals surface area contributed by atoms with Crippen LogP contribution in [0.4, 0.5) is 0 Å². The maximum Gasteiger partial charge on any atom is 0.0455 e. The van der Waals surface area contributed by atoms with Crippen molar-refractivity contribution in [3.63, 3.8) is 0 Å². The van der Waals surface area contributed by atoms with Crippen LogP contribution < -0.4 is 0 Å². The van der Waals surface area contributed by atoms with Gasteiger partial charge in [-0.1, -0.05) is 36.2 Å². The zero-order valence-corrected chi connectivity index (χ0v) is 9.63. The highest BCUT2D eigenvalue weighted by Gasteiger charge is 2.12. The van der Waals surface area contributed by atoms with Crippen LogP contribution in [0.25, 0.3) is 0 Å². The van der Waals surface area contributed by atoms with Crippen LogP contribution in [0.5, 0.6) is 0 Å². The lowest BCUT2D eigenvalue weighted by Crippen LogP contribution is -1.96. The molecular formula is C10H11Cl3. The van der Waals surface area contributed by atoms with E-state index in [1.165, 1.54) is 0 Å². The van der Waals surface area contributed by atoms with Gasteiger partial charge in [0.15, 0.2) is 0 Å². The summed E-state index contributed by atoms with van der Waals surface area (Å²) in [6, 6.07) is 5.56. The van der Waals surface area contributed by atoms with Gasteiger partial charge in [0, 0.05) is 15.9 Å². The molecule has 72 valence electrons. The van der Waals surface area contributed by atoms with E-state index in [0.29, 0.717) is 11.8 Å². The third-order valence-electron chi connectivity index (χ3n) is 2.03. The van der Waals surface area contributed by atoms with Crippen molar-refractivity contribution in [1.29, 1.82) is 0 Å². The predicted octanol–water partition coefficient (Wildman–Crippen LogP) is 4.73. The Balaban J connectivity index is 2.98. The van der Waals surface area contributed by atoms with Crippen LogP contribution in [0.3, 0.4) is 0 Å². The molecule has 0 aromatic heterocycles. The van der Waals surface area contributed by atoms with Gasteiger partial charge in [-0.05, 0) is 30.0 Å². The SMILES string of the molecule is CC(CCCl)c1c(Cl)cccc1Cl. The average Bonchev–Trinajstić information content (AvgIpc) is 2.04. The highest BCUT2D eigenvalue weighted by atomic mass is 35.5. The molecule has 0 aliphatic rings. The largest absolute Gasteiger partial charge is 0.127 e. The second-order valence-corrected chi connectivity index (χ2v) is 4.21. The van der Waals surface area contributed by atoms with E-state index in [1.807, 2.05) is 18.2 Å². The third-order valence-corrected chi connectivity index (χ3v) is 2.91. The lowest BCUT2D eigenvalue weighted by molar-refractivity contribution is 0.739. The van der Waals surface area contributed by atoms with Gasteiger partial charge in [-0.2, -0.15) is 0 Å². The molecule has 1 aromatic rings. The van der Waals surface area contributed by atoms with Crippen molar-refractivity contribution in [3.05, 3.63) is 33.8 Å². The normalized spacial score (nSPS) is 12.9. The lowest BCUT2D eigenvalue weighted by atomic mass is 9.98. The molecule has 0 aliphatic heterocycles. The van der Waals surface area contributed by atoms with Gasteiger partial charge in [-0.25, -0.2) is 0 Å². The summed E-state index contributed by atoms with van der Waals surface area (Å²) in [5.74, 6) is 0.946. The summed E-state index contributed by atoms with van der Waals surface area (Å²) in [4.78, 5) is 0. The Morgan fingerprint density at radius 2 is 1.77 bits per heavy atom. The van der Waals surface area contributed by atoms with Gasteiger partial charge in [0.05, 0.1) is 0 Å². The van der Waals surface area contributed by atoms with Gasteiger partial charge >= 0.3 is 0 Å². The summed E-state index contributed by atoms with van der Waals surface area (Å²) >= 11 is 17.7. The Morgan fingerprint density at radius 1 is 1.23 bits per heavy atom. The van der Waals surface area contributed by atoms with Crippen molar-refractivity contribution >= 4 is 34.8 Å². The second-order valence-electron chi connectivity index (χ2n) is 3.01. The first-order chi connectivity index (χ1) is 6.16. The van der Waals surface area contributed by atoms with Crippen LogP contribution in [0.1, 0.15) is 24.8 Å². The molecule has 0 nitrogen and oxygen atoms in total. The fourth-order valence-corrected chi connectivity index (χ4v) is 2.39. The molecule has 0 saturated carbocycles. The van der Waals surface area contributed by atoms with E-state index in [2.05, 4.69) is 6.92 Å². The van der Waals surface area contributed by atoms with Crippen LogP contribution in [0.2, 0.25) is 10.0 Å². The number of halogens is 3. The van der Waals surface area contributed by atoms with Crippen molar-refractivity contribution in [2.24, 2.45) is 0 Å². The number of hydrogen-bond donors (Lipinski definition) is 0. The summed E-state index contributed by atoms with van der Waals surface area (Å²) in [6.45, 7) is 2.08. The van der Waals surface area contributed by atoms with E-state index in [1.54, 1.807) is 0 Å². The minimum Gasteiger partial charge on any atom is -0.127 e. The van der Waals surface area contributed by atoms with Gasteiger partial charge in [0.25, 0.3) is 0 Å². The van der Waals surface area contributed by atoms with Crippen LogP contribution >= 0.6 is 34.8 Å². The highest BCUT2D eigenvalue weighted by Crippen LogP contribution is 2.33. The molecule has 0 N–H and O–H groups in total. The topological polar surface area (TPSA) is 0 Å². The fraction of sp³-hybridized carbons (Fsp3) is 0.400. The molecule has 0 bridgehead atoms. The molecule has 1 rings (SSSR count). The standard InChI is InChI=1S/C10H11Cl3/c1-7(5-6-11)10-8(12)3-2-4-9(10)13/h2-4,7H,5-6H2,1H3. The van der Waals surface area contributed by atoms with Gasteiger partial charge in [-0.3, -0.25) is 0 Å². The summed E-state index contributed by atoms with van der Waals surface area (Å²) in [5, 5.41) is 1.45. The van der Waals surface area contributed by atoms with E-state index in [4.69, 9.17) is 34.8 Å². The van der Waals surface area contributed by atoms with E-state index in [9.17, 15) is 0 Å². The first kappa shape index (κ1) is 11.2. The minimum atomic E-state index is 0.318. The van der Waals surface area contributed by atoms with Gasteiger partial charge in [0.1, 0.15) is 0 Å². The molecule has 0 aliphatic carbocycles. The fourth-order valence-electron chi connectivity index (χ4n) is 1.29. The molecule has 13 heavy (non-hydrogen) atoms. The Kier molecular flexibility index (Phi) is 4.37. The van der Waals surface area contributed by atoms with Gasteiger partial charge in [0.2, 0.25) is 0 Å². The Hall–Kier alpha value is 0.0900. The van der Waals surface area contributed by atoms with Crippen molar-refractivity contribution in [2.75, 3.05) is 5.88 Å². The molecular weight excluding hydrogens is 226 g/mol. The monoisotopic (exact) mass is 236 g/mol. The van der Waals surface area contributed by atoms with E-state index < -0.39 is 0 Å². The number of benzene rings is 1. The zero-order chi connectivity index (χ0) is 9.84. The average molecular weight is 238 g/mol. The van der Waals surface area contributed by atoms with E-state index >= 15 is 0 Å². The Bertz CT molecular complexity index is 263. The van der Waals surface area contributed by atoms with Gasteiger partial charge < -0.3 is 0 Å². The highest BCUT2D eigenvalue weighted by molar-refractivity contribution is 6.36. The first-order valence-corrected chi connectivity index (χ1v) is 5.45. The van der Waals surface area contributed by atoms with Crippen molar-refractivity contribution < 1.29 is 0 Å². The molecule has 1 unspecified atom stereocenters. The third kappa shape index (κ3) is 2.77. The summed E-state index contributed by atoms with van der Waals surface area (Å²) in [5.41, 5.74) is 1.01. The van der Waals surface area contributed by atoms with Gasteiger partial charge in [-0.15, -0.1) is 11.6 Å². The number of rotatable bonds is 3. The predicted molar refractivity (Wildman–Crippen MR) is 60.2 cm³/mol. The molecule has 0 saturated heterocycles. The molecule has 0 amide bonds. The van der Waals surface area contributed by atoms with Crippen molar-refractivity contribution in [3.8, 4) is 0 Å².